The van der Waals surface area contributed by atoms with Crippen molar-refractivity contribution in [3.05, 3.63) is 59.7 Å². The quantitative estimate of drug-likeness (QED) is 0.758. The molecule has 2 aliphatic rings. The van der Waals surface area contributed by atoms with E-state index in [0.717, 1.165) is 43.0 Å². The van der Waals surface area contributed by atoms with E-state index >= 15 is 0 Å². The first-order valence-electron chi connectivity index (χ1n) is 9.74. The average molecular weight is 404 g/mol. The number of carbonyl (C=O) groups is 1. The van der Waals surface area contributed by atoms with Gasteiger partial charge in [0, 0.05) is 30.9 Å². The van der Waals surface area contributed by atoms with E-state index in [9.17, 15) is 18.0 Å². The molecule has 0 unspecified atom stereocenters. The Morgan fingerprint density at radius 3 is 2.55 bits per heavy atom. The number of likely N-dealkylation sites (tertiary alicyclic amines) is 1. The van der Waals surface area contributed by atoms with Gasteiger partial charge < -0.3 is 14.5 Å². The van der Waals surface area contributed by atoms with E-state index in [1.54, 1.807) is 12.0 Å². The highest BCUT2D eigenvalue weighted by molar-refractivity contribution is 5.94. The van der Waals surface area contributed by atoms with E-state index in [-0.39, 0.29) is 17.5 Å². The topological polar surface area (TPSA) is 32.8 Å². The van der Waals surface area contributed by atoms with Gasteiger partial charge in [-0.05, 0) is 61.2 Å². The van der Waals surface area contributed by atoms with Crippen molar-refractivity contribution in [2.24, 2.45) is 5.92 Å². The number of hydrogen-bond donors (Lipinski definition) is 0. The third-order valence-electron chi connectivity index (χ3n) is 5.91. The summed E-state index contributed by atoms with van der Waals surface area (Å²) >= 11 is 0. The van der Waals surface area contributed by atoms with Crippen LogP contribution in [0.2, 0.25) is 0 Å². The van der Waals surface area contributed by atoms with E-state index in [2.05, 4.69) is 4.90 Å². The van der Waals surface area contributed by atoms with Gasteiger partial charge in [0.05, 0.1) is 18.7 Å². The zero-order valence-electron chi connectivity index (χ0n) is 16.2. The van der Waals surface area contributed by atoms with Crippen molar-refractivity contribution in [3.63, 3.8) is 0 Å². The first-order valence-corrected chi connectivity index (χ1v) is 9.74. The number of carbonyl (C=O) groups excluding carboxylic acids is 1. The standard InChI is InChI=1S/C22H23F3N2O2/c1-29-19-9-7-18(8-10-19)27-11-3-5-16-13-26(14-20(16)27)21(28)15-4-2-6-17(12-15)22(23,24)25/h2,4,6-10,12,16,20H,3,5,11,13-14H2,1H3/t16-,20+/m0/s1. The van der Waals surface area contributed by atoms with Crippen LogP contribution in [0.1, 0.15) is 28.8 Å². The molecule has 2 aromatic carbocycles. The van der Waals surface area contributed by atoms with Crippen LogP contribution >= 0.6 is 0 Å². The molecule has 29 heavy (non-hydrogen) atoms. The minimum absolute atomic E-state index is 0.0921. The van der Waals surface area contributed by atoms with Crippen molar-refractivity contribution in [2.45, 2.75) is 25.1 Å². The normalized spacial score (nSPS) is 21.8. The molecule has 7 heteroatoms. The number of methoxy groups -OCH3 is 1. The lowest BCUT2D eigenvalue weighted by molar-refractivity contribution is -0.137. The van der Waals surface area contributed by atoms with E-state index in [4.69, 9.17) is 4.74 Å². The van der Waals surface area contributed by atoms with Gasteiger partial charge in [0.2, 0.25) is 0 Å². The van der Waals surface area contributed by atoms with Crippen LogP contribution < -0.4 is 9.64 Å². The number of nitrogens with zero attached hydrogens (tertiary/aromatic N) is 2. The molecule has 4 nitrogen and oxygen atoms in total. The zero-order chi connectivity index (χ0) is 20.6. The van der Waals surface area contributed by atoms with Crippen molar-refractivity contribution < 1.29 is 22.7 Å². The summed E-state index contributed by atoms with van der Waals surface area (Å²) < 4.78 is 44.2. The molecule has 2 saturated heterocycles. The number of hydrogen-bond acceptors (Lipinski definition) is 3. The maximum absolute atomic E-state index is 13.0. The fourth-order valence-corrected chi connectivity index (χ4v) is 4.45. The maximum atomic E-state index is 13.0. The fourth-order valence-electron chi connectivity index (χ4n) is 4.45. The number of amides is 1. The molecule has 2 aromatic rings. The number of alkyl halides is 3. The van der Waals surface area contributed by atoms with Gasteiger partial charge in [0.1, 0.15) is 5.75 Å². The molecule has 2 aliphatic heterocycles. The molecule has 0 bridgehead atoms. The van der Waals surface area contributed by atoms with E-state index in [0.29, 0.717) is 19.0 Å². The monoisotopic (exact) mass is 404 g/mol. The zero-order valence-corrected chi connectivity index (χ0v) is 16.2. The maximum Gasteiger partial charge on any atom is 0.416 e. The number of piperidine rings is 1. The molecule has 0 radical (unpaired) electrons. The van der Waals surface area contributed by atoms with Gasteiger partial charge in [0.25, 0.3) is 5.91 Å². The van der Waals surface area contributed by atoms with Crippen molar-refractivity contribution in [1.82, 2.24) is 4.90 Å². The lowest BCUT2D eigenvalue weighted by Crippen LogP contribution is -2.45. The van der Waals surface area contributed by atoms with Crippen molar-refractivity contribution in [3.8, 4) is 5.75 Å². The lowest BCUT2D eigenvalue weighted by Gasteiger charge is -2.38. The molecular weight excluding hydrogens is 381 g/mol. The Kier molecular flexibility index (Phi) is 5.15. The molecule has 1 amide bonds. The number of ether oxygens (including phenoxy) is 1. The smallest absolute Gasteiger partial charge is 0.416 e. The summed E-state index contributed by atoms with van der Waals surface area (Å²) in [4.78, 5) is 16.9. The second-order valence-corrected chi connectivity index (χ2v) is 7.65. The largest absolute Gasteiger partial charge is 0.497 e. The Morgan fingerprint density at radius 2 is 1.86 bits per heavy atom. The van der Waals surface area contributed by atoms with E-state index in [1.807, 2.05) is 24.3 Å². The molecule has 0 saturated carbocycles. The predicted octanol–water partition coefficient (Wildman–Crippen LogP) is 4.46. The molecule has 0 aliphatic carbocycles. The second kappa shape index (κ2) is 7.61. The summed E-state index contributed by atoms with van der Waals surface area (Å²) in [5, 5.41) is 0. The molecule has 154 valence electrons. The third-order valence-corrected chi connectivity index (χ3v) is 5.91. The molecular formula is C22H23F3N2O2. The Labute approximate surface area is 167 Å². The summed E-state index contributed by atoms with van der Waals surface area (Å²) in [7, 11) is 1.63. The lowest BCUT2D eigenvalue weighted by atomic mass is 9.91. The number of anilines is 1. The van der Waals surface area contributed by atoms with Crippen LogP contribution in [0.25, 0.3) is 0 Å². The highest BCUT2D eigenvalue weighted by atomic mass is 19.4. The number of rotatable bonds is 3. The number of fused-ring (bicyclic) bond motifs is 1. The molecule has 2 fully saturated rings. The second-order valence-electron chi connectivity index (χ2n) is 7.65. The fraction of sp³-hybridized carbons (Fsp3) is 0.409. The van der Waals surface area contributed by atoms with Crippen molar-refractivity contribution >= 4 is 11.6 Å². The van der Waals surface area contributed by atoms with Crippen molar-refractivity contribution in [1.29, 1.82) is 0 Å². The summed E-state index contributed by atoms with van der Waals surface area (Å²) in [6.07, 6.45) is -2.41. The SMILES string of the molecule is COc1ccc(N2CCC[C@H]3CN(C(=O)c4cccc(C(F)(F)F)c4)C[C@H]32)cc1. The van der Waals surface area contributed by atoms with Crippen LogP contribution in [0, 0.1) is 5.92 Å². The van der Waals surface area contributed by atoms with Crippen molar-refractivity contribution in [2.75, 3.05) is 31.6 Å². The van der Waals surface area contributed by atoms with Crippen LogP contribution in [-0.4, -0.2) is 43.6 Å². The highest BCUT2D eigenvalue weighted by Crippen LogP contribution is 2.36. The molecule has 0 aromatic heterocycles. The number of halogens is 3. The Morgan fingerprint density at radius 1 is 1.10 bits per heavy atom. The van der Waals surface area contributed by atoms with Gasteiger partial charge in [-0.25, -0.2) is 0 Å². The molecule has 0 spiro atoms. The molecule has 2 heterocycles. The van der Waals surface area contributed by atoms with Gasteiger partial charge in [-0.3, -0.25) is 4.79 Å². The first-order chi connectivity index (χ1) is 13.9. The summed E-state index contributed by atoms with van der Waals surface area (Å²) in [5.74, 6) is 0.774. The van der Waals surface area contributed by atoms with Crippen LogP contribution in [-0.2, 0) is 6.18 Å². The minimum Gasteiger partial charge on any atom is -0.497 e. The van der Waals surface area contributed by atoms with Gasteiger partial charge in [-0.15, -0.1) is 0 Å². The van der Waals surface area contributed by atoms with Crippen LogP contribution in [0.15, 0.2) is 48.5 Å². The number of benzene rings is 2. The van der Waals surface area contributed by atoms with Crippen LogP contribution in [0.4, 0.5) is 18.9 Å². The summed E-state index contributed by atoms with van der Waals surface area (Å²) in [6.45, 7) is 2.00. The predicted molar refractivity (Wildman–Crippen MR) is 104 cm³/mol. The minimum atomic E-state index is -4.46. The summed E-state index contributed by atoms with van der Waals surface area (Å²) in [5.41, 5.74) is 0.378. The molecule has 0 N–H and O–H groups in total. The molecule has 4 rings (SSSR count). The Balaban J connectivity index is 1.52. The Hall–Kier alpha value is -2.70. The summed E-state index contributed by atoms with van der Waals surface area (Å²) in [6, 6.07) is 12.7. The van der Waals surface area contributed by atoms with Crippen LogP contribution in [0.5, 0.6) is 5.75 Å². The van der Waals surface area contributed by atoms with Gasteiger partial charge in [-0.2, -0.15) is 13.2 Å². The van der Waals surface area contributed by atoms with E-state index in [1.165, 1.54) is 12.1 Å². The van der Waals surface area contributed by atoms with Gasteiger partial charge in [0.15, 0.2) is 0 Å². The van der Waals surface area contributed by atoms with Gasteiger partial charge in [-0.1, -0.05) is 6.07 Å². The molecule has 2 atom stereocenters. The average Bonchev–Trinajstić information content (AvgIpc) is 3.17. The van der Waals surface area contributed by atoms with Crippen LogP contribution in [0.3, 0.4) is 0 Å². The van der Waals surface area contributed by atoms with E-state index < -0.39 is 11.7 Å². The Bertz CT molecular complexity index is 882. The van der Waals surface area contributed by atoms with Gasteiger partial charge >= 0.3 is 6.18 Å². The highest BCUT2D eigenvalue weighted by Gasteiger charge is 2.41. The first kappa shape index (κ1) is 19.6. The third kappa shape index (κ3) is 3.91.